The van der Waals surface area contributed by atoms with Gasteiger partial charge in [0.2, 0.25) is 5.69 Å². The lowest BCUT2D eigenvalue weighted by atomic mass is 10.1. The Morgan fingerprint density at radius 1 is 0.762 bits per heavy atom. The number of aromatic nitrogens is 1. The first kappa shape index (κ1) is 32.8. The lowest BCUT2D eigenvalue weighted by molar-refractivity contribution is -0.701. The van der Waals surface area contributed by atoms with Crippen molar-refractivity contribution < 1.29 is 23.6 Å². The number of aryl methyl sites for hydroxylation is 2. The molecule has 1 heterocycles. The number of unbranched alkanes of at least 4 members (excludes halogenated alkanes) is 9. The minimum absolute atomic E-state index is 0.140. The Labute approximate surface area is 252 Å². The molecule has 6 nitrogen and oxygen atoms in total. The van der Waals surface area contributed by atoms with Crippen LogP contribution in [0.3, 0.4) is 0 Å². The Kier molecular flexibility index (Phi) is 14.1. The smallest absolute Gasteiger partial charge is 0.265 e. The van der Waals surface area contributed by atoms with Crippen LogP contribution in [0, 0.1) is 6.92 Å². The monoisotopic (exact) mass is 573 g/mol. The third kappa shape index (κ3) is 9.71. The van der Waals surface area contributed by atoms with Crippen molar-refractivity contribution in [3.8, 4) is 11.5 Å². The van der Waals surface area contributed by atoms with E-state index in [1.165, 1.54) is 69.8 Å². The van der Waals surface area contributed by atoms with Crippen molar-refractivity contribution in [1.82, 2.24) is 4.90 Å². The third-order valence-corrected chi connectivity index (χ3v) is 7.72. The van der Waals surface area contributed by atoms with Crippen molar-refractivity contribution in [3.63, 3.8) is 0 Å². The zero-order valence-corrected chi connectivity index (χ0v) is 26.1. The number of para-hydroxylation sites is 1. The summed E-state index contributed by atoms with van der Waals surface area (Å²) in [5, 5.41) is 0. The van der Waals surface area contributed by atoms with E-state index < -0.39 is 5.91 Å². The second-order valence-electron chi connectivity index (χ2n) is 10.9. The van der Waals surface area contributed by atoms with Crippen molar-refractivity contribution in [3.05, 3.63) is 89.2 Å². The van der Waals surface area contributed by atoms with E-state index in [0.717, 1.165) is 30.0 Å². The number of amides is 2. The normalized spacial score (nSPS) is 10.9. The number of carbonyl (C=O) groups is 2. The first-order valence-corrected chi connectivity index (χ1v) is 15.7. The first-order valence-electron chi connectivity index (χ1n) is 15.7. The summed E-state index contributed by atoms with van der Waals surface area (Å²) in [6, 6.07) is 18.3. The van der Waals surface area contributed by atoms with E-state index in [0.29, 0.717) is 23.5 Å². The van der Waals surface area contributed by atoms with Gasteiger partial charge in [-0.15, -0.1) is 0 Å². The van der Waals surface area contributed by atoms with Gasteiger partial charge in [0.1, 0.15) is 24.6 Å². The molecule has 2 aromatic carbocycles. The van der Waals surface area contributed by atoms with Crippen molar-refractivity contribution in [1.29, 1.82) is 0 Å². The maximum absolute atomic E-state index is 14.0. The van der Waals surface area contributed by atoms with Gasteiger partial charge >= 0.3 is 0 Å². The highest BCUT2D eigenvalue weighted by Crippen LogP contribution is 2.24. The van der Waals surface area contributed by atoms with Crippen molar-refractivity contribution in [2.75, 3.05) is 13.7 Å². The van der Waals surface area contributed by atoms with E-state index in [1.54, 1.807) is 24.3 Å². The maximum Gasteiger partial charge on any atom is 0.265 e. The molecule has 1 aromatic heterocycles. The van der Waals surface area contributed by atoms with Crippen LogP contribution in [0.15, 0.2) is 66.9 Å². The molecule has 0 saturated carbocycles. The summed E-state index contributed by atoms with van der Waals surface area (Å²) in [5.41, 5.74) is 2.46. The average molecular weight is 574 g/mol. The minimum atomic E-state index is -0.398. The molecule has 0 saturated heterocycles. The SMILES string of the molecule is CCCCCCCCCCCCOc1ccc(C(=O)N(Cc2cccc[n+]2CC)C(=O)c2ccccc2OC)c(C)c1. The van der Waals surface area contributed by atoms with Gasteiger partial charge < -0.3 is 9.47 Å². The topological polar surface area (TPSA) is 59.7 Å². The Morgan fingerprint density at radius 2 is 1.40 bits per heavy atom. The van der Waals surface area contributed by atoms with Gasteiger partial charge in [-0.05, 0) is 56.2 Å². The molecule has 6 heteroatoms. The summed E-state index contributed by atoms with van der Waals surface area (Å²) >= 11 is 0. The third-order valence-electron chi connectivity index (χ3n) is 7.72. The molecule has 226 valence electrons. The molecule has 3 rings (SSSR count). The maximum atomic E-state index is 14.0. The molecule has 42 heavy (non-hydrogen) atoms. The molecule has 0 fully saturated rings. The molecule has 0 N–H and O–H groups in total. The van der Waals surface area contributed by atoms with Gasteiger partial charge in [-0.25, -0.2) is 4.57 Å². The molecule has 0 bridgehead atoms. The Hall–Kier alpha value is -3.67. The van der Waals surface area contributed by atoms with Gasteiger partial charge in [-0.2, -0.15) is 0 Å². The summed E-state index contributed by atoms with van der Waals surface area (Å²) in [4.78, 5) is 29.1. The molecule has 0 radical (unpaired) electrons. The highest BCUT2D eigenvalue weighted by Gasteiger charge is 2.30. The lowest BCUT2D eigenvalue weighted by Crippen LogP contribution is -2.43. The lowest BCUT2D eigenvalue weighted by Gasteiger charge is -2.22. The number of nitrogens with zero attached hydrogens (tertiary/aromatic N) is 2. The van der Waals surface area contributed by atoms with E-state index in [1.807, 2.05) is 61.0 Å². The molecule has 3 aromatic rings. The van der Waals surface area contributed by atoms with Crippen LogP contribution in [-0.2, 0) is 13.1 Å². The predicted octanol–water partition coefficient (Wildman–Crippen LogP) is 8.09. The van der Waals surface area contributed by atoms with Crippen LogP contribution >= 0.6 is 0 Å². The molecule has 0 aliphatic carbocycles. The van der Waals surface area contributed by atoms with Crippen LogP contribution < -0.4 is 14.0 Å². The molecule has 0 atom stereocenters. The molecule has 0 aliphatic rings. The second-order valence-corrected chi connectivity index (χ2v) is 10.9. The van der Waals surface area contributed by atoms with Crippen molar-refractivity contribution in [2.24, 2.45) is 0 Å². The van der Waals surface area contributed by atoms with E-state index in [4.69, 9.17) is 9.47 Å². The number of methoxy groups -OCH3 is 1. The molecular formula is C36H49N2O4+. The standard InChI is InChI=1S/C36H49N2O4/c1-5-7-8-9-10-11-12-13-14-19-26-42-31-23-24-32(29(3)27-31)35(39)38(28-30-20-17-18-25-37(30)6-2)36(40)33-21-15-16-22-34(33)41-4/h15-18,20-25,27H,5-14,19,26,28H2,1-4H3/q+1. The van der Waals surface area contributed by atoms with Crippen LogP contribution in [0.2, 0.25) is 0 Å². The number of hydrogen-bond donors (Lipinski definition) is 0. The van der Waals surface area contributed by atoms with Gasteiger partial charge in [0.15, 0.2) is 6.20 Å². The van der Waals surface area contributed by atoms with Crippen LogP contribution in [0.1, 0.15) is 110 Å². The number of carbonyl (C=O) groups excluding carboxylic acids is 2. The fourth-order valence-corrected chi connectivity index (χ4v) is 5.22. The minimum Gasteiger partial charge on any atom is -0.496 e. The van der Waals surface area contributed by atoms with E-state index in [9.17, 15) is 9.59 Å². The summed E-state index contributed by atoms with van der Waals surface area (Å²) in [6.45, 7) is 7.71. The zero-order valence-electron chi connectivity index (χ0n) is 26.1. The number of benzene rings is 2. The zero-order chi connectivity index (χ0) is 30.2. The molecule has 0 aliphatic heterocycles. The second kappa shape index (κ2) is 18.0. The fourth-order valence-electron chi connectivity index (χ4n) is 5.22. The van der Waals surface area contributed by atoms with E-state index in [2.05, 4.69) is 6.92 Å². The summed E-state index contributed by atoms with van der Waals surface area (Å²) in [5.74, 6) is 0.430. The van der Waals surface area contributed by atoms with Gasteiger partial charge in [0.05, 0.1) is 19.3 Å². The van der Waals surface area contributed by atoms with Crippen molar-refractivity contribution in [2.45, 2.75) is 98.1 Å². The Balaban J connectivity index is 1.65. The van der Waals surface area contributed by atoms with Gasteiger partial charge in [-0.1, -0.05) is 82.9 Å². The summed E-state index contributed by atoms with van der Waals surface area (Å²) in [6.07, 6.45) is 14.8. The molecule has 0 spiro atoms. The predicted molar refractivity (Wildman–Crippen MR) is 168 cm³/mol. The Bertz CT molecular complexity index is 1270. The average Bonchev–Trinajstić information content (AvgIpc) is 3.02. The number of rotatable bonds is 18. The van der Waals surface area contributed by atoms with E-state index >= 15 is 0 Å². The van der Waals surface area contributed by atoms with Crippen LogP contribution in [-0.4, -0.2) is 30.4 Å². The fraction of sp³-hybridized carbons (Fsp3) is 0.472. The van der Waals surface area contributed by atoms with E-state index in [-0.39, 0.29) is 12.5 Å². The Morgan fingerprint density at radius 3 is 2.07 bits per heavy atom. The molecular weight excluding hydrogens is 524 g/mol. The van der Waals surface area contributed by atoms with Gasteiger partial charge in [0, 0.05) is 17.7 Å². The highest BCUT2D eigenvalue weighted by atomic mass is 16.5. The summed E-state index contributed by atoms with van der Waals surface area (Å²) < 4.78 is 13.5. The largest absolute Gasteiger partial charge is 0.496 e. The van der Waals surface area contributed by atoms with Crippen LogP contribution in [0.4, 0.5) is 0 Å². The highest BCUT2D eigenvalue weighted by molar-refractivity contribution is 6.11. The van der Waals surface area contributed by atoms with Gasteiger partial charge in [-0.3, -0.25) is 14.5 Å². The quantitative estimate of drug-likeness (QED) is 0.0877. The molecule has 2 amide bonds. The number of hydrogen-bond acceptors (Lipinski definition) is 4. The number of ether oxygens (including phenoxy) is 2. The van der Waals surface area contributed by atoms with Crippen molar-refractivity contribution >= 4 is 11.8 Å². The first-order chi connectivity index (χ1) is 20.5. The number of imide groups is 1. The van der Waals surface area contributed by atoms with Crippen LogP contribution in [0.25, 0.3) is 0 Å². The number of pyridine rings is 1. The summed E-state index contributed by atoms with van der Waals surface area (Å²) in [7, 11) is 1.53. The van der Waals surface area contributed by atoms with Crippen LogP contribution in [0.5, 0.6) is 11.5 Å². The van der Waals surface area contributed by atoms with Gasteiger partial charge in [0.25, 0.3) is 11.8 Å². The molecule has 0 unspecified atom stereocenters.